The van der Waals surface area contributed by atoms with Gasteiger partial charge in [0.1, 0.15) is 0 Å². The highest BCUT2D eigenvalue weighted by atomic mass is 31.2. The van der Waals surface area contributed by atoms with E-state index in [1.54, 1.807) is 6.92 Å². The maximum Gasteiger partial charge on any atom is 0.405 e. The zero-order valence-electron chi connectivity index (χ0n) is 9.17. The molecule has 6 heteroatoms. The molecule has 0 aliphatic rings. The van der Waals surface area contributed by atoms with E-state index in [0.29, 0.717) is 12.1 Å². The second-order valence-electron chi connectivity index (χ2n) is 3.54. The fourth-order valence-corrected chi connectivity index (χ4v) is 1.42. The monoisotopic (exact) mass is 241 g/mol. The van der Waals surface area contributed by atoms with Gasteiger partial charge in [-0.15, -0.1) is 0 Å². The van der Waals surface area contributed by atoms with Crippen molar-refractivity contribution in [3.05, 3.63) is 35.9 Å². The first-order chi connectivity index (χ1) is 7.47. The van der Waals surface area contributed by atoms with Gasteiger partial charge in [0.2, 0.25) is 0 Å². The van der Waals surface area contributed by atoms with Crippen LogP contribution in [0.15, 0.2) is 35.5 Å². The standard InChI is InChI=1S/C10H16N3O2P/c1-9(13-15-16(11,12)14)7-8-10-5-3-2-4-6-10/h2-6H,7-8H2,1H3,(H4,11,12,14). The summed E-state index contributed by atoms with van der Waals surface area (Å²) in [5.41, 5.74) is 11.9. The molecule has 0 unspecified atom stereocenters. The van der Waals surface area contributed by atoms with E-state index in [4.69, 9.17) is 11.0 Å². The predicted octanol–water partition coefficient (Wildman–Crippen LogP) is 2.04. The fraction of sp³-hybridized carbons (Fsp3) is 0.300. The second-order valence-corrected chi connectivity index (χ2v) is 4.99. The summed E-state index contributed by atoms with van der Waals surface area (Å²) in [7, 11) is -3.50. The molecule has 88 valence electrons. The van der Waals surface area contributed by atoms with E-state index >= 15 is 0 Å². The minimum Gasteiger partial charge on any atom is -0.312 e. The molecule has 0 saturated heterocycles. The second kappa shape index (κ2) is 5.80. The van der Waals surface area contributed by atoms with E-state index in [1.165, 1.54) is 5.56 Å². The van der Waals surface area contributed by atoms with Crippen molar-refractivity contribution >= 4 is 13.4 Å². The van der Waals surface area contributed by atoms with Crippen LogP contribution in [0.1, 0.15) is 18.9 Å². The Morgan fingerprint density at radius 1 is 1.38 bits per heavy atom. The summed E-state index contributed by atoms with van der Waals surface area (Å²) in [6, 6.07) is 9.99. The van der Waals surface area contributed by atoms with Crippen molar-refractivity contribution in [1.82, 2.24) is 0 Å². The van der Waals surface area contributed by atoms with Gasteiger partial charge in [-0.3, -0.25) is 0 Å². The van der Waals surface area contributed by atoms with Crippen molar-refractivity contribution in [2.45, 2.75) is 19.8 Å². The third-order valence-corrected chi connectivity index (χ3v) is 2.28. The minimum atomic E-state index is -3.50. The lowest BCUT2D eigenvalue weighted by molar-refractivity contribution is 0.333. The number of oxime groups is 1. The van der Waals surface area contributed by atoms with Gasteiger partial charge in [-0.25, -0.2) is 15.6 Å². The Balaban J connectivity index is 2.41. The van der Waals surface area contributed by atoms with Crippen LogP contribution >= 0.6 is 7.67 Å². The molecule has 1 rings (SSSR count). The molecule has 1 aromatic rings. The van der Waals surface area contributed by atoms with Crippen LogP contribution in [0.25, 0.3) is 0 Å². The maximum atomic E-state index is 10.8. The predicted molar refractivity (Wildman–Crippen MR) is 64.9 cm³/mol. The first-order valence-electron chi connectivity index (χ1n) is 4.91. The normalized spacial score (nSPS) is 12.6. The van der Waals surface area contributed by atoms with Crippen molar-refractivity contribution < 1.29 is 9.19 Å². The molecule has 0 fully saturated rings. The smallest absolute Gasteiger partial charge is 0.312 e. The van der Waals surface area contributed by atoms with E-state index in [2.05, 4.69) is 9.78 Å². The molecule has 0 aliphatic heterocycles. The van der Waals surface area contributed by atoms with E-state index in [9.17, 15) is 4.57 Å². The van der Waals surface area contributed by atoms with Crippen LogP contribution < -0.4 is 11.0 Å². The van der Waals surface area contributed by atoms with Crippen molar-refractivity contribution in [3.8, 4) is 0 Å². The molecule has 0 radical (unpaired) electrons. The molecule has 0 atom stereocenters. The van der Waals surface area contributed by atoms with E-state index in [1.807, 2.05) is 30.3 Å². The van der Waals surface area contributed by atoms with Gasteiger partial charge in [-0.2, -0.15) is 0 Å². The average Bonchev–Trinajstić information content (AvgIpc) is 2.24. The molecule has 4 N–H and O–H groups in total. The van der Waals surface area contributed by atoms with Gasteiger partial charge >= 0.3 is 7.67 Å². The Morgan fingerprint density at radius 3 is 2.56 bits per heavy atom. The Hall–Kier alpha value is -1.16. The van der Waals surface area contributed by atoms with Gasteiger partial charge in [0.05, 0.1) is 5.71 Å². The molecular formula is C10H16N3O2P. The van der Waals surface area contributed by atoms with Crippen molar-refractivity contribution in [2.24, 2.45) is 16.2 Å². The fourth-order valence-electron chi connectivity index (χ4n) is 1.15. The molecule has 0 bridgehead atoms. The molecule has 0 saturated carbocycles. The van der Waals surface area contributed by atoms with Crippen LogP contribution in [0.5, 0.6) is 0 Å². The van der Waals surface area contributed by atoms with Crippen LogP contribution in [0, 0.1) is 0 Å². The highest BCUT2D eigenvalue weighted by Crippen LogP contribution is 2.26. The Kier molecular flexibility index (Phi) is 4.68. The van der Waals surface area contributed by atoms with Crippen molar-refractivity contribution in [2.75, 3.05) is 0 Å². The summed E-state index contributed by atoms with van der Waals surface area (Å²) in [5, 5.41) is 3.61. The SMILES string of the molecule is CC(CCc1ccccc1)=NOP(N)(N)=O. The number of nitrogens with zero attached hydrogens (tertiary/aromatic N) is 1. The molecule has 1 aromatic carbocycles. The number of benzene rings is 1. The molecule has 0 heterocycles. The lowest BCUT2D eigenvalue weighted by Crippen LogP contribution is -2.06. The number of aryl methyl sites for hydroxylation is 1. The lowest BCUT2D eigenvalue weighted by Gasteiger charge is -2.04. The number of nitrogens with two attached hydrogens (primary N) is 2. The highest BCUT2D eigenvalue weighted by molar-refractivity contribution is 7.53. The van der Waals surface area contributed by atoms with Crippen LogP contribution in [0.3, 0.4) is 0 Å². The van der Waals surface area contributed by atoms with Crippen LogP contribution in [0.4, 0.5) is 0 Å². The number of hydrogen-bond donors (Lipinski definition) is 2. The maximum absolute atomic E-state index is 10.8. The number of hydrogen-bond acceptors (Lipinski definition) is 3. The van der Waals surface area contributed by atoms with E-state index < -0.39 is 7.67 Å². The molecule has 0 spiro atoms. The van der Waals surface area contributed by atoms with Gasteiger partial charge in [0.25, 0.3) is 0 Å². The minimum absolute atomic E-state index is 0.708. The summed E-state index contributed by atoms with van der Waals surface area (Å²) >= 11 is 0. The lowest BCUT2D eigenvalue weighted by atomic mass is 10.1. The summed E-state index contributed by atoms with van der Waals surface area (Å²) in [4.78, 5) is 0. The van der Waals surface area contributed by atoms with Crippen LogP contribution in [0.2, 0.25) is 0 Å². The average molecular weight is 241 g/mol. The van der Waals surface area contributed by atoms with Crippen molar-refractivity contribution in [3.63, 3.8) is 0 Å². The molecule has 16 heavy (non-hydrogen) atoms. The molecule has 0 amide bonds. The third kappa shape index (κ3) is 5.66. The molecule has 0 aliphatic carbocycles. The summed E-state index contributed by atoms with van der Waals surface area (Å²) in [6.07, 6.45) is 1.56. The molecule has 5 nitrogen and oxygen atoms in total. The first kappa shape index (κ1) is 12.9. The van der Waals surface area contributed by atoms with Gasteiger partial charge < -0.3 is 4.62 Å². The van der Waals surface area contributed by atoms with E-state index in [0.717, 1.165) is 6.42 Å². The largest absolute Gasteiger partial charge is 0.405 e. The van der Waals surface area contributed by atoms with Gasteiger partial charge in [-0.05, 0) is 25.3 Å². The summed E-state index contributed by atoms with van der Waals surface area (Å²) in [5.74, 6) is 0. The van der Waals surface area contributed by atoms with Crippen LogP contribution in [-0.4, -0.2) is 5.71 Å². The Bertz CT molecular complexity index is 400. The Morgan fingerprint density at radius 2 is 2.00 bits per heavy atom. The van der Waals surface area contributed by atoms with E-state index in [-0.39, 0.29) is 0 Å². The topological polar surface area (TPSA) is 90.7 Å². The summed E-state index contributed by atoms with van der Waals surface area (Å²) < 4.78 is 15.3. The molecular weight excluding hydrogens is 225 g/mol. The quantitative estimate of drug-likeness (QED) is 0.469. The third-order valence-electron chi connectivity index (χ3n) is 1.94. The zero-order chi connectivity index (χ0) is 12.0. The van der Waals surface area contributed by atoms with Crippen molar-refractivity contribution in [1.29, 1.82) is 0 Å². The number of rotatable bonds is 5. The summed E-state index contributed by atoms with van der Waals surface area (Å²) in [6.45, 7) is 1.78. The highest BCUT2D eigenvalue weighted by Gasteiger charge is 2.08. The van der Waals surface area contributed by atoms with Crippen LogP contribution in [-0.2, 0) is 15.6 Å². The first-order valence-corrected chi connectivity index (χ1v) is 6.67. The molecule has 0 aromatic heterocycles. The Labute approximate surface area is 95.0 Å². The van der Waals surface area contributed by atoms with Gasteiger partial charge in [-0.1, -0.05) is 35.5 Å². The van der Waals surface area contributed by atoms with Gasteiger partial charge in [0.15, 0.2) is 0 Å². The van der Waals surface area contributed by atoms with Gasteiger partial charge in [0, 0.05) is 0 Å². The zero-order valence-corrected chi connectivity index (χ0v) is 10.1.